The minimum Gasteiger partial charge on any atom is -0.457 e. The van der Waals surface area contributed by atoms with Gasteiger partial charge in [-0.25, -0.2) is 4.39 Å². The fourth-order valence-electron chi connectivity index (χ4n) is 2.94. The van der Waals surface area contributed by atoms with Crippen LogP contribution < -0.4 is 10.1 Å². The minimum atomic E-state index is -0.324. The van der Waals surface area contributed by atoms with E-state index in [0.29, 0.717) is 24.6 Å². The van der Waals surface area contributed by atoms with Crippen molar-refractivity contribution in [3.63, 3.8) is 0 Å². The third-order valence-corrected chi connectivity index (χ3v) is 4.28. The first-order valence-electron chi connectivity index (χ1n) is 8.79. The molecule has 1 N–H and O–H groups in total. The lowest BCUT2D eigenvalue weighted by Crippen LogP contribution is -2.49. The highest BCUT2D eigenvalue weighted by Gasteiger charge is 2.17. The number of hydrogen-bond acceptors (Lipinski definition) is 4. The Hall–Kier alpha value is -2.44. The first kappa shape index (κ1) is 18.4. The lowest BCUT2D eigenvalue weighted by molar-refractivity contribution is -0.132. The number of piperazine rings is 1. The highest BCUT2D eigenvalue weighted by atomic mass is 19.1. The molecule has 138 valence electrons. The predicted molar refractivity (Wildman–Crippen MR) is 98.7 cm³/mol. The van der Waals surface area contributed by atoms with E-state index in [4.69, 9.17) is 4.74 Å². The van der Waals surface area contributed by atoms with E-state index in [1.54, 1.807) is 12.1 Å². The van der Waals surface area contributed by atoms with Gasteiger partial charge in [-0.15, -0.1) is 0 Å². The Labute approximate surface area is 153 Å². The molecule has 0 aliphatic carbocycles. The standard InChI is InChI=1S/C20H24FN3O2/c1-23(15-20(25)24-11-9-22-10-12-24)14-16-5-7-18(8-6-16)26-19-4-2-3-17(21)13-19/h2-8,13,22H,9-12,14-15H2,1H3. The summed E-state index contributed by atoms with van der Waals surface area (Å²) in [4.78, 5) is 16.2. The molecule has 2 aromatic rings. The van der Waals surface area contributed by atoms with Crippen molar-refractivity contribution >= 4 is 5.91 Å². The zero-order chi connectivity index (χ0) is 18.4. The number of carbonyl (C=O) groups is 1. The average molecular weight is 357 g/mol. The third-order valence-electron chi connectivity index (χ3n) is 4.28. The quantitative estimate of drug-likeness (QED) is 0.863. The van der Waals surface area contributed by atoms with Crippen LogP contribution in [0.15, 0.2) is 48.5 Å². The summed E-state index contributed by atoms with van der Waals surface area (Å²) in [6.45, 7) is 4.36. The maximum Gasteiger partial charge on any atom is 0.236 e. The maximum atomic E-state index is 13.2. The fourth-order valence-corrected chi connectivity index (χ4v) is 2.94. The summed E-state index contributed by atoms with van der Waals surface area (Å²) in [7, 11) is 1.94. The topological polar surface area (TPSA) is 44.8 Å². The first-order chi connectivity index (χ1) is 12.6. The molecular weight excluding hydrogens is 333 g/mol. The van der Waals surface area contributed by atoms with Crippen LogP contribution in [-0.4, -0.2) is 55.5 Å². The van der Waals surface area contributed by atoms with Gasteiger partial charge in [0.15, 0.2) is 0 Å². The zero-order valence-electron chi connectivity index (χ0n) is 15.0. The van der Waals surface area contributed by atoms with Crippen molar-refractivity contribution in [3.8, 4) is 11.5 Å². The van der Waals surface area contributed by atoms with E-state index in [-0.39, 0.29) is 11.7 Å². The zero-order valence-corrected chi connectivity index (χ0v) is 15.0. The van der Waals surface area contributed by atoms with Gasteiger partial charge in [0.05, 0.1) is 6.54 Å². The van der Waals surface area contributed by atoms with E-state index in [1.165, 1.54) is 12.1 Å². The van der Waals surface area contributed by atoms with Crippen LogP contribution in [0.3, 0.4) is 0 Å². The first-order valence-corrected chi connectivity index (χ1v) is 8.79. The highest BCUT2D eigenvalue weighted by Crippen LogP contribution is 2.22. The summed E-state index contributed by atoms with van der Waals surface area (Å²) in [5, 5.41) is 3.25. The second-order valence-electron chi connectivity index (χ2n) is 6.51. The van der Waals surface area contributed by atoms with E-state index < -0.39 is 0 Å². The van der Waals surface area contributed by atoms with Crippen LogP contribution in [0.25, 0.3) is 0 Å². The monoisotopic (exact) mass is 357 g/mol. The number of benzene rings is 2. The molecule has 1 amide bonds. The van der Waals surface area contributed by atoms with Gasteiger partial charge in [0.2, 0.25) is 5.91 Å². The number of nitrogens with zero attached hydrogens (tertiary/aromatic N) is 2. The number of hydrogen-bond donors (Lipinski definition) is 1. The van der Waals surface area contributed by atoms with Crippen LogP contribution in [0.2, 0.25) is 0 Å². The minimum absolute atomic E-state index is 0.167. The molecule has 0 atom stereocenters. The molecule has 0 aromatic heterocycles. The molecule has 0 spiro atoms. The Balaban J connectivity index is 1.51. The SMILES string of the molecule is CN(CC(=O)N1CCNCC1)Cc1ccc(Oc2cccc(F)c2)cc1. The van der Waals surface area contributed by atoms with Gasteiger partial charge in [-0.05, 0) is 36.9 Å². The van der Waals surface area contributed by atoms with Crippen molar-refractivity contribution in [2.75, 3.05) is 39.8 Å². The van der Waals surface area contributed by atoms with E-state index in [2.05, 4.69) is 5.32 Å². The van der Waals surface area contributed by atoms with Crippen LogP contribution in [-0.2, 0) is 11.3 Å². The largest absolute Gasteiger partial charge is 0.457 e. The van der Waals surface area contributed by atoms with Crippen molar-refractivity contribution in [1.82, 2.24) is 15.1 Å². The molecule has 0 unspecified atom stereocenters. The predicted octanol–water partition coefficient (Wildman–Crippen LogP) is 2.48. The number of halogens is 1. The Kier molecular flexibility index (Phi) is 6.20. The Morgan fingerprint density at radius 2 is 1.88 bits per heavy atom. The molecule has 1 aliphatic heterocycles. The van der Waals surface area contributed by atoms with Crippen LogP contribution in [0.5, 0.6) is 11.5 Å². The number of ether oxygens (including phenoxy) is 1. The fraction of sp³-hybridized carbons (Fsp3) is 0.350. The summed E-state index contributed by atoms with van der Waals surface area (Å²) in [6.07, 6.45) is 0. The lowest BCUT2D eigenvalue weighted by Gasteiger charge is -2.29. The molecule has 0 radical (unpaired) electrons. The number of likely N-dealkylation sites (N-methyl/N-ethyl adjacent to an activating group) is 1. The molecule has 1 fully saturated rings. The summed E-state index contributed by atoms with van der Waals surface area (Å²) in [5.41, 5.74) is 1.09. The third kappa shape index (κ3) is 5.28. The van der Waals surface area contributed by atoms with Gasteiger partial charge in [-0.2, -0.15) is 0 Å². The summed E-state index contributed by atoms with van der Waals surface area (Å²) in [5.74, 6) is 0.963. The van der Waals surface area contributed by atoms with Crippen molar-refractivity contribution < 1.29 is 13.9 Å². The maximum absolute atomic E-state index is 13.2. The van der Waals surface area contributed by atoms with Crippen molar-refractivity contribution in [3.05, 3.63) is 59.9 Å². The van der Waals surface area contributed by atoms with Gasteiger partial charge in [0, 0.05) is 38.8 Å². The van der Waals surface area contributed by atoms with Crippen LogP contribution in [0, 0.1) is 5.82 Å². The van der Waals surface area contributed by atoms with Crippen molar-refractivity contribution in [2.45, 2.75) is 6.54 Å². The molecule has 6 heteroatoms. The lowest BCUT2D eigenvalue weighted by atomic mass is 10.2. The number of amides is 1. The summed E-state index contributed by atoms with van der Waals surface area (Å²) >= 11 is 0. The molecule has 1 heterocycles. The molecule has 0 saturated carbocycles. The van der Waals surface area contributed by atoms with Gasteiger partial charge >= 0.3 is 0 Å². The highest BCUT2D eigenvalue weighted by molar-refractivity contribution is 5.78. The molecular formula is C20H24FN3O2. The summed E-state index contributed by atoms with van der Waals surface area (Å²) < 4.78 is 18.8. The van der Waals surface area contributed by atoms with Crippen LogP contribution >= 0.6 is 0 Å². The van der Waals surface area contributed by atoms with Gasteiger partial charge in [0.1, 0.15) is 17.3 Å². The molecule has 2 aromatic carbocycles. The molecule has 26 heavy (non-hydrogen) atoms. The Morgan fingerprint density at radius 3 is 2.58 bits per heavy atom. The normalized spacial score (nSPS) is 14.5. The molecule has 1 saturated heterocycles. The second kappa shape index (κ2) is 8.78. The van der Waals surface area contributed by atoms with Crippen molar-refractivity contribution in [1.29, 1.82) is 0 Å². The van der Waals surface area contributed by atoms with Crippen LogP contribution in [0.1, 0.15) is 5.56 Å². The molecule has 3 rings (SSSR count). The van der Waals surface area contributed by atoms with Gasteiger partial charge in [-0.1, -0.05) is 18.2 Å². The number of carbonyl (C=O) groups excluding carboxylic acids is 1. The van der Waals surface area contributed by atoms with Gasteiger partial charge in [0.25, 0.3) is 0 Å². The van der Waals surface area contributed by atoms with E-state index >= 15 is 0 Å². The van der Waals surface area contributed by atoms with Gasteiger partial charge in [-0.3, -0.25) is 9.69 Å². The average Bonchev–Trinajstić information content (AvgIpc) is 2.64. The van der Waals surface area contributed by atoms with Crippen LogP contribution in [0.4, 0.5) is 4.39 Å². The van der Waals surface area contributed by atoms with Gasteiger partial charge < -0.3 is 15.0 Å². The second-order valence-corrected chi connectivity index (χ2v) is 6.51. The molecule has 5 nitrogen and oxygen atoms in total. The van der Waals surface area contributed by atoms with E-state index in [1.807, 2.05) is 41.1 Å². The van der Waals surface area contributed by atoms with E-state index in [0.717, 1.165) is 31.7 Å². The number of nitrogens with one attached hydrogen (secondary N) is 1. The smallest absolute Gasteiger partial charge is 0.236 e. The van der Waals surface area contributed by atoms with Crippen molar-refractivity contribution in [2.24, 2.45) is 0 Å². The Bertz CT molecular complexity index is 730. The van der Waals surface area contributed by atoms with E-state index in [9.17, 15) is 9.18 Å². The Morgan fingerprint density at radius 1 is 1.15 bits per heavy atom. The number of rotatable bonds is 6. The molecule has 0 bridgehead atoms. The molecule has 1 aliphatic rings. The summed E-state index contributed by atoms with van der Waals surface area (Å²) in [6, 6.07) is 13.7.